The lowest BCUT2D eigenvalue weighted by Crippen LogP contribution is -2.28. The average molecular weight is 312 g/mol. The van der Waals surface area contributed by atoms with Crippen molar-refractivity contribution in [2.24, 2.45) is 0 Å². The SMILES string of the molecule is CC(=O)NCCC(O)C(O)c1c(C(=O)O)cccc1[N+](=O)[O-]. The molecule has 2 atom stereocenters. The molecule has 1 amide bonds. The number of carbonyl (C=O) groups is 2. The van der Waals surface area contributed by atoms with Gasteiger partial charge in [-0.25, -0.2) is 4.79 Å². The normalized spacial score (nSPS) is 13.2. The van der Waals surface area contributed by atoms with Gasteiger partial charge in [0.2, 0.25) is 5.91 Å². The summed E-state index contributed by atoms with van der Waals surface area (Å²) in [6, 6.07) is 3.33. The van der Waals surface area contributed by atoms with Crippen LogP contribution in [0.4, 0.5) is 5.69 Å². The number of nitro groups is 1. The molecule has 120 valence electrons. The summed E-state index contributed by atoms with van der Waals surface area (Å²) in [7, 11) is 0. The van der Waals surface area contributed by atoms with Crippen molar-refractivity contribution in [1.82, 2.24) is 5.32 Å². The third kappa shape index (κ3) is 4.24. The van der Waals surface area contributed by atoms with Crippen molar-refractivity contribution in [3.8, 4) is 0 Å². The van der Waals surface area contributed by atoms with Gasteiger partial charge in [0.15, 0.2) is 0 Å². The Labute approximate surface area is 125 Å². The Bertz CT molecular complexity index is 556. The molecule has 0 aromatic heterocycles. The summed E-state index contributed by atoms with van der Waals surface area (Å²) < 4.78 is 0. The standard InChI is InChI=1S/C13H16N2O7/c1-7(16)14-6-5-10(17)12(18)11-8(13(19)20)3-2-4-9(11)15(21)22/h2-4,10,12,17-18H,5-6H2,1H3,(H,14,16)(H,19,20). The van der Waals surface area contributed by atoms with Crippen molar-refractivity contribution < 1.29 is 29.8 Å². The van der Waals surface area contributed by atoms with E-state index >= 15 is 0 Å². The molecule has 0 saturated heterocycles. The number of carbonyl (C=O) groups excluding carboxylic acids is 1. The number of hydrogen-bond donors (Lipinski definition) is 4. The average Bonchev–Trinajstić information content (AvgIpc) is 2.44. The highest BCUT2D eigenvalue weighted by Gasteiger charge is 2.31. The molecule has 22 heavy (non-hydrogen) atoms. The first-order valence-electron chi connectivity index (χ1n) is 6.36. The van der Waals surface area contributed by atoms with Gasteiger partial charge < -0.3 is 20.6 Å². The van der Waals surface area contributed by atoms with E-state index in [0.717, 1.165) is 12.1 Å². The highest BCUT2D eigenvalue weighted by atomic mass is 16.6. The van der Waals surface area contributed by atoms with Gasteiger partial charge in [0.05, 0.1) is 22.2 Å². The largest absolute Gasteiger partial charge is 0.478 e. The van der Waals surface area contributed by atoms with E-state index in [1.807, 2.05) is 0 Å². The van der Waals surface area contributed by atoms with Crippen LogP contribution in [0.3, 0.4) is 0 Å². The van der Waals surface area contributed by atoms with E-state index in [4.69, 9.17) is 5.11 Å². The van der Waals surface area contributed by atoms with E-state index in [9.17, 15) is 29.9 Å². The summed E-state index contributed by atoms with van der Waals surface area (Å²) >= 11 is 0. The van der Waals surface area contributed by atoms with Gasteiger partial charge in [-0.15, -0.1) is 0 Å². The Morgan fingerprint density at radius 2 is 2.00 bits per heavy atom. The first-order chi connectivity index (χ1) is 10.3. The topological polar surface area (TPSA) is 150 Å². The first kappa shape index (κ1) is 17.5. The van der Waals surface area contributed by atoms with E-state index in [2.05, 4.69) is 5.32 Å². The molecule has 9 heteroatoms. The number of amides is 1. The zero-order valence-electron chi connectivity index (χ0n) is 11.7. The van der Waals surface area contributed by atoms with Crippen LogP contribution in [-0.4, -0.2) is 44.8 Å². The van der Waals surface area contributed by atoms with Crippen LogP contribution in [0.1, 0.15) is 35.4 Å². The number of carboxylic acid groups (broad SMARTS) is 1. The number of nitrogens with zero attached hydrogens (tertiary/aromatic N) is 1. The minimum atomic E-state index is -1.76. The van der Waals surface area contributed by atoms with Crippen LogP contribution in [0.25, 0.3) is 0 Å². The molecule has 0 radical (unpaired) electrons. The molecule has 0 bridgehead atoms. The highest BCUT2D eigenvalue weighted by Crippen LogP contribution is 2.31. The molecule has 1 rings (SSSR count). The van der Waals surface area contributed by atoms with E-state index in [1.54, 1.807) is 0 Å². The lowest BCUT2D eigenvalue weighted by molar-refractivity contribution is -0.386. The maximum Gasteiger partial charge on any atom is 0.336 e. The summed E-state index contributed by atoms with van der Waals surface area (Å²) in [6.45, 7) is 1.31. The minimum absolute atomic E-state index is 0.0383. The number of carboxylic acids is 1. The van der Waals surface area contributed by atoms with Crippen LogP contribution in [0.15, 0.2) is 18.2 Å². The zero-order valence-corrected chi connectivity index (χ0v) is 11.7. The molecule has 0 saturated carbocycles. The van der Waals surface area contributed by atoms with Crippen LogP contribution in [0.2, 0.25) is 0 Å². The predicted octanol–water partition coefficient (Wildman–Crippen LogP) is 0.213. The summed E-state index contributed by atoms with van der Waals surface area (Å²) in [4.78, 5) is 32.0. The Morgan fingerprint density at radius 1 is 1.36 bits per heavy atom. The molecule has 1 aromatic carbocycles. The summed E-state index contributed by atoms with van der Waals surface area (Å²) in [5.74, 6) is -1.79. The van der Waals surface area contributed by atoms with Crippen molar-refractivity contribution in [1.29, 1.82) is 0 Å². The Morgan fingerprint density at radius 3 is 2.50 bits per heavy atom. The number of benzene rings is 1. The smallest absolute Gasteiger partial charge is 0.336 e. The molecule has 0 aliphatic rings. The lowest BCUT2D eigenvalue weighted by Gasteiger charge is -2.19. The van der Waals surface area contributed by atoms with Crippen LogP contribution in [0, 0.1) is 10.1 Å². The quantitative estimate of drug-likeness (QED) is 0.415. The number of rotatable bonds is 7. The van der Waals surface area contributed by atoms with Gasteiger partial charge in [0.25, 0.3) is 5.69 Å². The molecule has 0 spiro atoms. The van der Waals surface area contributed by atoms with Crippen LogP contribution in [0.5, 0.6) is 0 Å². The molecular weight excluding hydrogens is 296 g/mol. The van der Waals surface area contributed by atoms with Gasteiger partial charge in [-0.2, -0.15) is 0 Å². The Kier molecular flexibility index (Phi) is 5.96. The molecule has 4 N–H and O–H groups in total. The van der Waals surface area contributed by atoms with Crippen molar-refractivity contribution in [3.63, 3.8) is 0 Å². The predicted molar refractivity (Wildman–Crippen MR) is 74.3 cm³/mol. The van der Waals surface area contributed by atoms with E-state index < -0.39 is 39.9 Å². The molecule has 0 aliphatic heterocycles. The van der Waals surface area contributed by atoms with Crippen molar-refractivity contribution in [3.05, 3.63) is 39.4 Å². The van der Waals surface area contributed by atoms with E-state index in [1.165, 1.54) is 13.0 Å². The molecule has 0 fully saturated rings. The molecule has 2 unspecified atom stereocenters. The molecular formula is C13H16N2O7. The van der Waals surface area contributed by atoms with Gasteiger partial charge in [0, 0.05) is 19.5 Å². The maximum absolute atomic E-state index is 11.2. The number of nitro benzene ring substituents is 1. The zero-order chi connectivity index (χ0) is 16.9. The Hall–Kier alpha value is -2.52. The molecule has 0 aliphatic carbocycles. The van der Waals surface area contributed by atoms with Gasteiger partial charge in [-0.1, -0.05) is 6.07 Å². The van der Waals surface area contributed by atoms with Crippen molar-refractivity contribution in [2.45, 2.75) is 25.6 Å². The molecule has 9 nitrogen and oxygen atoms in total. The third-order valence-electron chi connectivity index (χ3n) is 2.98. The number of aliphatic hydroxyl groups excluding tert-OH is 2. The highest BCUT2D eigenvalue weighted by molar-refractivity contribution is 5.91. The van der Waals surface area contributed by atoms with Crippen molar-refractivity contribution in [2.75, 3.05) is 6.54 Å². The third-order valence-corrected chi connectivity index (χ3v) is 2.98. The maximum atomic E-state index is 11.2. The van der Waals surface area contributed by atoms with Gasteiger partial charge in [-0.05, 0) is 12.5 Å². The fourth-order valence-electron chi connectivity index (χ4n) is 1.96. The Balaban J connectivity index is 3.09. The summed E-state index contributed by atoms with van der Waals surface area (Å²) in [5, 5.41) is 42.4. The number of nitrogens with one attached hydrogen (secondary N) is 1. The molecule has 1 aromatic rings. The number of aromatic carboxylic acids is 1. The second-order valence-electron chi connectivity index (χ2n) is 4.58. The van der Waals surface area contributed by atoms with Crippen LogP contribution < -0.4 is 5.32 Å². The fourth-order valence-corrected chi connectivity index (χ4v) is 1.96. The van der Waals surface area contributed by atoms with Crippen molar-refractivity contribution >= 4 is 17.6 Å². The monoisotopic (exact) mass is 312 g/mol. The van der Waals surface area contributed by atoms with Gasteiger partial charge >= 0.3 is 5.97 Å². The number of hydrogen-bond acceptors (Lipinski definition) is 6. The van der Waals surface area contributed by atoms with Crippen LogP contribution in [-0.2, 0) is 4.79 Å². The second kappa shape index (κ2) is 7.48. The first-order valence-corrected chi connectivity index (χ1v) is 6.36. The van der Waals surface area contributed by atoms with E-state index in [-0.39, 0.29) is 18.9 Å². The van der Waals surface area contributed by atoms with Crippen LogP contribution >= 0.6 is 0 Å². The van der Waals surface area contributed by atoms with E-state index in [0.29, 0.717) is 0 Å². The number of aliphatic hydroxyl groups is 2. The van der Waals surface area contributed by atoms with Gasteiger partial charge in [0.1, 0.15) is 6.10 Å². The molecule has 0 heterocycles. The second-order valence-corrected chi connectivity index (χ2v) is 4.58. The lowest BCUT2D eigenvalue weighted by atomic mass is 9.95. The minimum Gasteiger partial charge on any atom is -0.478 e. The summed E-state index contributed by atoms with van der Waals surface area (Å²) in [6.07, 6.45) is -3.32. The fraction of sp³-hybridized carbons (Fsp3) is 0.385. The summed E-state index contributed by atoms with van der Waals surface area (Å²) in [5.41, 5.74) is -1.51. The van der Waals surface area contributed by atoms with Gasteiger partial charge in [-0.3, -0.25) is 14.9 Å².